The van der Waals surface area contributed by atoms with Crippen LogP contribution in [-0.2, 0) is 11.2 Å². The molecule has 1 N–H and O–H groups in total. The molecule has 0 saturated carbocycles. The molecule has 2 rings (SSSR count). The van der Waals surface area contributed by atoms with E-state index in [0.29, 0.717) is 24.2 Å². The van der Waals surface area contributed by atoms with Gasteiger partial charge in [0.1, 0.15) is 18.0 Å². The van der Waals surface area contributed by atoms with Crippen LogP contribution in [0.15, 0.2) is 30.1 Å². The number of ether oxygens (including phenoxy) is 2. The number of carbonyl (C=O) groups is 2. The molecule has 0 unspecified atom stereocenters. The van der Waals surface area contributed by atoms with Crippen LogP contribution in [0.4, 0.5) is 9.18 Å². The van der Waals surface area contributed by atoms with E-state index in [4.69, 9.17) is 9.47 Å². The molecule has 1 aliphatic rings. The maximum absolute atomic E-state index is 13.0. The molecule has 0 radical (unpaired) electrons. The number of benzene rings is 1. The molecule has 0 atom stereocenters. The highest BCUT2D eigenvalue weighted by atomic mass is 19.1. The first kappa shape index (κ1) is 19.8. The van der Waals surface area contributed by atoms with E-state index in [0.717, 1.165) is 12.0 Å². The van der Waals surface area contributed by atoms with E-state index in [-0.39, 0.29) is 24.6 Å². The summed E-state index contributed by atoms with van der Waals surface area (Å²) < 4.78 is 23.7. The number of fused-ring (bicyclic) bond motifs is 1. The van der Waals surface area contributed by atoms with Crippen molar-refractivity contribution in [1.29, 1.82) is 0 Å². The number of rotatable bonds is 5. The van der Waals surface area contributed by atoms with E-state index in [2.05, 4.69) is 5.32 Å². The Morgan fingerprint density at radius 3 is 2.77 bits per heavy atom. The van der Waals surface area contributed by atoms with Gasteiger partial charge in [-0.2, -0.15) is 0 Å². The van der Waals surface area contributed by atoms with Gasteiger partial charge in [-0.3, -0.25) is 4.79 Å². The summed E-state index contributed by atoms with van der Waals surface area (Å²) in [5.74, 6) is 0.543. The number of hydrogen-bond donors (Lipinski definition) is 1. The zero-order chi connectivity index (χ0) is 19.3. The first-order valence-corrected chi connectivity index (χ1v) is 8.46. The molecule has 0 saturated heterocycles. The minimum Gasteiger partial charge on any atom is -0.489 e. The van der Waals surface area contributed by atoms with Crippen molar-refractivity contribution >= 4 is 12.0 Å². The Morgan fingerprint density at radius 2 is 2.12 bits per heavy atom. The number of hydrogen-bond acceptors (Lipinski definition) is 4. The van der Waals surface area contributed by atoms with Gasteiger partial charge >= 0.3 is 6.09 Å². The summed E-state index contributed by atoms with van der Waals surface area (Å²) in [4.78, 5) is 25.3. The minimum absolute atomic E-state index is 0.0105. The highest BCUT2D eigenvalue weighted by Gasteiger charge is 2.21. The number of carbonyl (C=O) groups excluding carboxylic acids is 2. The van der Waals surface area contributed by atoms with E-state index in [1.54, 1.807) is 50.9 Å². The molecule has 0 spiro atoms. The molecule has 26 heavy (non-hydrogen) atoms. The predicted molar refractivity (Wildman–Crippen MR) is 96.0 cm³/mol. The van der Waals surface area contributed by atoms with Crippen molar-refractivity contribution < 1.29 is 23.5 Å². The van der Waals surface area contributed by atoms with Crippen molar-refractivity contribution in [2.24, 2.45) is 0 Å². The zero-order valence-electron chi connectivity index (χ0n) is 15.6. The third-order valence-corrected chi connectivity index (χ3v) is 3.81. The van der Waals surface area contributed by atoms with Crippen molar-refractivity contribution in [2.75, 3.05) is 26.7 Å². The van der Waals surface area contributed by atoms with Gasteiger partial charge in [0.05, 0.1) is 6.33 Å². The fourth-order valence-corrected chi connectivity index (χ4v) is 2.47. The van der Waals surface area contributed by atoms with E-state index < -0.39 is 11.7 Å². The summed E-state index contributed by atoms with van der Waals surface area (Å²) in [6.45, 7) is 5.88. The topological polar surface area (TPSA) is 67.9 Å². The van der Waals surface area contributed by atoms with Crippen LogP contribution < -0.4 is 10.1 Å². The molecule has 1 heterocycles. The second-order valence-corrected chi connectivity index (χ2v) is 7.21. The lowest BCUT2D eigenvalue weighted by Crippen LogP contribution is -2.34. The summed E-state index contributed by atoms with van der Waals surface area (Å²) >= 11 is 0. The summed E-state index contributed by atoms with van der Waals surface area (Å²) in [5.41, 5.74) is 1.24. The number of amides is 2. The maximum Gasteiger partial charge on any atom is 0.407 e. The van der Waals surface area contributed by atoms with E-state index in [1.807, 2.05) is 0 Å². The minimum atomic E-state index is -0.617. The first-order valence-electron chi connectivity index (χ1n) is 8.46. The molecule has 1 aromatic rings. The molecular formula is C19H25FN2O4. The number of likely N-dealkylation sites (N-methyl/N-ethyl adjacent to an activating group) is 1. The standard InChI is InChI=1S/C19H25FN2O4/c1-19(2,3)26-18(24)21-11-13(10-20)12-25-15-5-6-16-14(9-15)7-8-22(4)17(16)23/h5-6,9-10H,7-8,11-12H2,1-4H3,(H,21,24). The third-order valence-electron chi connectivity index (χ3n) is 3.81. The second-order valence-electron chi connectivity index (χ2n) is 7.21. The fourth-order valence-electron chi connectivity index (χ4n) is 2.47. The highest BCUT2D eigenvalue weighted by Crippen LogP contribution is 2.23. The lowest BCUT2D eigenvalue weighted by atomic mass is 9.99. The molecule has 0 fully saturated rings. The largest absolute Gasteiger partial charge is 0.489 e. The van der Waals surface area contributed by atoms with Gasteiger partial charge in [-0.05, 0) is 51.0 Å². The Kier molecular flexibility index (Phi) is 6.23. The number of nitrogens with zero attached hydrogens (tertiary/aromatic N) is 1. The average Bonchev–Trinajstić information content (AvgIpc) is 2.57. The molecule has 6 nitrogen and oxygen atoms in total. The third kappa shape index (κ3) is 5.47. The Hall–Kier alpha value is -2.57. The number of halogens is 1. The van der Waals surface area contributed by atoms with Gasteiger partial charge < -0.3 is 19.7 Å². The molecule has 1 aromatic carbocycles. The Labute approximate surface area is 153 Å². The molecule has 1 aliphatic heterocycles. The Bertz CT molecular complexity index is 710. The van der Waals surface area contributed by atoms with Crippen molar-refractivity contribution in [3.8, 4) is 5.75 Å². The molecule has 0 aromatic heterocycles. The molecule has 2 amide bonds. The van der Waals surface area contributed by atoms with Crippen LogP contribution in [0.5, 0.6) is 5.75 Å². The van der Waals surface area contributed by atoms with Gasteiger partial charge in [-0.1, -0.05) is 0 Å². The molecule has 0 bridgehead atoms. The molecule has 142 valence electrons. The SMILES string of the molecule is CN1CCc2cc(OCC(=CF)CNC(=O)OC(C)(C)C)ccc2C1=O. The van der Waals surface area contributed by atoms with Crippen LogP contribution >= 0.6 is 0 Å². The monoisotopic (exact) mass is 364 g/mol. The van der Waals surface area contributed by atoms with Gasteiger partial charge in [0.15, 0.2) is 0 Å². The van der Waals surface area contributed by atoms with Gasteiger partial charge in [0.2, 0.25) is 0 Å². The van der Waals surface area contributed by atoms with Crippen molar-refractivity contribution in [2.45, 2.75) is 32.8 Å². The summed E-state index contributed by atoms with van der Waals surface area (Å²) in [7, 11) is 1.77. The van der Waals surface area contributed by atoms with Crippen molar-refractivity contribution in [1.82, 2.24) is 10.2 Å². The van der Waals surface area contributed by atoms with E-state index in [9.17, 15) is 14.0 Å². The number of nitrogens with one attached hydrogen (secondary N) is 1. The summed E-state index contributed by atoms with van der Waals surface area (Å²) in [5, 5.41) is 2.49. The van der Waals surface area contributed by atoms with Gasteiger partial charge in [-0.25, -0.2) is 9.18 Å². The smallest absolute Gasteiger partial charge is 0.407 e. The normalized spacial score (nSPS) is 14.7. The lowest BCUT2D eigenvalue weighted by Gasteiger charge is -2.25. The zero-order valence-corrected chi connectivity index (χ0v) is 15.6. The van der Waals surface area contributed by atoms with E-state index in [1.165, 1.54) is 0 Å². The highest BCUT2D eigenvalue weighted by molar-refractivity contribution is 5.96. The van der Waals surface area contributed by atoms with Crippen molar-refractivity contribution in [3.05, 3.63) is 41.2 Å². The van der Waals surface area contributed by atoms with E-state index >= 15 is 0 Å². The molecular weight excluding hydrogens is 339 g/mol. The van der Waals surface area contributed by atoms with Crippen LogP contribution in [-0.4, -0.2) is 49.2 Å². The van der Waals surface area contributed by atoms with Crippen LogP contribution in [0.25, 0.3) is 0 Å². The van der Waals surface area contributed by atoms with Gasteiger partial charge in [-0.15, -0.1) is 0 Å². The predicted octanol–water partition coefficient (Wildman–Crippen LogP) is 3.07. The molecule has 0 aliphatic carbocycles. The van der Waals surface area contributed by atoms with Crippen LogP contribution in [0.3, 0.4) is 0 Å². The van der Waals surface area contributed by atoms with Gasteiger partial charge in [0, 0.05) is 31.3 Å². The Balaban J connectivity index is 1.89. The fraction of sp³-hybridized carbons (Fsp3) is 0.474. The summed E-state index contributed by atoms with van der Waals surface area (Å²) in [6.07, 6.45) is 0.544. The van der Waals surface area contributed by atoms with Crippen LogP contribution in [0.1, 0.15) is 36.7 Å². The molecule has 7 heteroatoms. The second kappa shape index (κ2) is 8.21. The number of alkyl carbamates (subject to hydrolysis) is 1. The Morgan fingerprint density at radius 1 is 1.38 bits per heavy atom. The lowest BCUT2D eigenvalue weighted by molar-refractivity contribution is 0.0531. The van der Waals surface area contributed by atoms with Crippen LogP contribution in [0.2, 0.25) is 0 Å². The van der Waals surface area contributed by atoms with Crippen molar-refractivity contribution in [3.63, 3.8) is 0 Å². The quantitative estimate of drug-likeness (QED) is 0.872. The first-order chi connectivity index (χ1) is 12.2. The summed E-state index contributed by atoms with van der Waals surface area (Å²) in [6, 6.07) is 5.21. The maximum atomic E-state index is 13.0. The average molecular weight is 364 g/mol. The van der Waals surface area contributed by atoms with Gasteiger partial charge in [0.25, 0.3) is 5.91 Å². The van der Waals surface area contributed by atoms with Crippen LogP contribution in [0, 0.1) is 0 Å².